The lowest BCUT2D eigenvalue weighted by molar-refractivity contribution is -0.142. The summed E-state index contributed by atoms with van der Waals surface area (Å²) in [5, 5.41) is 3.84. The lowest BCUT2D eigenvalue weighted by atomic mass is 10.1. The van der Waals surface area contributed by atoms with Gasteiger partial charge in [-0.1, -0.05) is 0 Å². The molecule has 0 aliphatic carbocycles. The van der Waals surface area contributed by atoms with Gasteiger partial charge < -0.3 is 14.5 Å². The predicted octanol–water partition coefficient (Wildman–Crippen LogP) is 1.95. The molecule has 2 aliphatic rings. The quantitative estimate of drug-likeness (QED) is 0.809. The fourth-order valence-electron chi connectivity index (χ4n) is 3.59. The first-order valence-electron chi connectivity index (χ1n) is 8.51. The minimum atomic E-state index is -4.66. The van der Waals surface area contributed by atoms with E-state index in [1.165, 1.54) is 9.58 Å². The number of rotatable bonds is 2. The van der Waals surface area contributed by atoms with Crippen molar-refractivity contribution in [3.05, 3.63) is 17.0 Å². The van der Waals surface area contributed by atoms with Gasteiger partial charge in [0.25, 0.3) is 5.91 Å². The zero-order valence-corrected chi connectivity index (χ0v) is 14.5. The normalized spacial score (nSPS) is 23.1. The summed E-state index contributed by atoms with van der Waals surface area (Å²) in [7, 11) is 1.94. The van der Waals surface area contributed by atoms with Crippen LogP contribution in [0.25, 0.3) is 0 Å². The Bertz CT molecular complexity index is 638. The van der Waals surface area contributed by atoms with Crippen LogP contribution in [-0.2, 0) is 10.9 Å². The zero-order valence-electron chi connectivity index (χ0n) is 14.5. The molecule has 2 fully saturated rings. The molecule has 0 bridgehead atoms. The summed E-state index contributed by atoms with van der Waals surface area (Å²) < 4.78 is 47.2. The Hall–Kier alpha value is -1.61. The summed E-state index contributed by atoms with van der Waals surface area (Å²) >= 11 is 0. The van der Waals surface area contributed by atoms with Crippen LogP contribution >= 0.6 is 0 Å². The van der Waals surface area contributed by atoms with Gasteiger partial charge in [0.05, 0.1) is 24.8 Å². The molecule has 0 saturated carbocycles. The number of carbonyl (C=O) groups is 1. The SMILES string of the molecule is Cc1c(C(=O)N2CCOCC2)c(C(F)(F)F)nn1C1CCCN(C)C1. The highest BCUT2D eigenvalue weighted by Crippen LogP contribution is 2.35. The van der Waals surface area contributed by atoms with Gasteiger partial charge in [-0.25, -0.2) is 0 Å². The van der Waals surface area contributed by atoms with Crippen molar-refractivity contribution in [3.63, 3.8) is 0 Å². The van der Waals surface area contributed by atoms with E-state index in [0.29, 0.717) is 38.5 Å². The number of piperidine rings is 1. The number of ether oxygens (including phenoxy) is 1. The van der Waals surface area contributed by atoms with Gasteiger partial charge in [0.15, 0.2) is 5.69 Å². The lowest BCUT2D eigenvalue weighted by Crippen LogP contribution is -2.41. The minimum absolute atomic E-state index is 0.147. The second-order valence-corrected chi connectivity index (χ2v) is 6.71. The fourth-order valence-corrected chi connectivity index (χ4v) is 3.59. The second-order valence-electron chi connectivity index (χ2n) is 6.71. The van der Waals surface area contributed by atoms with Crippen LogP contribution < -0.4 is 0 Å². The molecule has 140 valence electrons. The van der Waals surface area contributed by atoms with Crippen molar-refractivity contribution in [2.75, 3.05) is 46.4 Å². The van der Waals surface area contributed by atoms with Crippen molar-refractivity contribution in [2.24, 2.45) is 0 Å². The number of carbonyl (C=O) groups excluding carboxylic acids is 1. The van der Waals surface area contributed by atoms with Crippen LogP contribution in [-0.4, -0.2) is 71.9 Å². The van der Waals surface area contributed by atoms with E-state index in [2.05, 4.69) is 10.00 Å². The van der Waals surface area contributed by atoms with Crippen molar-refractivity contribution in [1.82, 2.24) is 19.6 Å². The molecule has 9 heteroatoms. The molecule has 25 heavy (non-hydrogen) atoms. The maximum absolute atomic E-state index is 13.5. The molecule has 6 nitrogen and oxygen atoms in total. The van der Waals surface area contributed by atoms with Crippen LogP contribution in [0, 0.1) is 6.92 Å². The summed E-state index contributed by atoms with van der Waals surface area (Å²) in [6.45, 7) is 4.39. The van der Waals surface area contributed by atoms with Crippen molar-refractivity contribution in [1.29, 1.82) is 0 Å². The van der Waals surface area contributed by atoms with Crippen LogP contribution in [0.2, 0.25) is 0 Å². The molecule has 1 amide bonds. The Kier molecular flexibility index (Phi) is 5.06. The molecular formula is C16H23F3N4O2. The zero-order chi connectivity index (χ0) is 18.2. The van der Waals surface area contributed by atoms with Crippen LogP contribution in [0.15, 0.2) is 0 Å². The van der Waals surface area contributed by atoms with Gasteiger partial charge in [-0.05, 0) is 33.4 Å². The number of likely N-dealkylation sites (N-methyl/N-ethyl adjacent to an activating group) is 1. The molecule has 1 aromatic rings. The van der Waals surface area contributed by atoms with Crippen LogP contribution in [0.1, 0.15) is 40.6 Å². The van der Waals surface area contributed by atoms with Gasteiger partial charge in [0.1, 0.15) is 0 Å². The molecule has 3 rings (SSSR count). The van der Waals surface area contributed by atoms with E-state index in [9.17, 15) is 18.0 Å². The van der Waals surface area contributed by atoms with E-state index in [-0.39, 0.29) is 11.6 Å². The number of nitrogens with zero attached hydrogens (tertiary/aromatic N) is 4. The maximum Gasteiger partial charge on any atom is 0.435 e. The number of hydrogen-bond donors (Lipinski definition) is 0. The number of aromatic nitrogens is 2. The number of hydrogen-bond acceptors (Lipinski definition) is 4. The van der Waals surface area contributed by atoms with E-state index >= 15 is 0 Å². The third-order valence-corrected chi connectivity index (χ3v) is 4.88. The molecule has 1 unspecified atom stereocenters. The largest absolute Gasteiger partial charge is 0.435 e. The van der Waals surface area contributed by atoms with Crippen molar-refractivity contribution >= 4 is 5.91 Å². The van der Waals surface area contributed by atoms with Gasteiger partial charge in [-0.15, -0.1) is 0 Å². The van der Waals surface area contributed by atoms with Gasteiger partial charge in [0, 0.05) is 25.3 Å². The third kappa shape index (κ3) is 3.67. The van der Waals surface area contributed by atoms with E-state index in [4.69, 9.17) is 4.74 Å². The molecule has 2 aliphatic heterocycles. The summed E-state index contributed by atoms with van der Waals surface area (Å²) in [4.78, 5) is 16.2. The Balaban J connectivity index is 1.99. The standard InChI is InChI=1S/C16H23F3N4O2/c1-11-13(15(24)22-6-8-25-9-7-22)14(16(17,18)19)20-23(11)12-4-3-5-21(2)10-12/h12H,3-10H2,1-2H3. The lowest BCUT2D eigenvalue weighted by Gasteiger charge is -2.30. The number of likely N-dealkylation sites (tertiary alicyclic amines) is 1. The average Bonchev–Trinajstić information content (AvgIpc) is 2.92. The number of amides is 1. The molecule has 2 saturated heterocycles. The summed E-state index contributed by atoms with van der Waals surface area (Å²) in [5.41, 5.74) is -1.10. The molecule has 3 heterocycles. The highest BCUT2D eigenvalue weighted by Gasteiger charge is 2.42. The molecule has 0 radical (unpaired) electrons. The van der Waals surface area contributed by atoms with Gasteiger partial charge in [-0.2, -0.15) is 18.3 Å². The van der Waals surface area contributed by atoms with Gasteiger partial charge in [0.2, 0.25) is 0 Å². The molecular weight excluding hydrogens is 337 g/mol. The summed E-state index contributed by atoms with van der Waals surface area (Å²) in [5.74, 6) is -0.608. The second kappa shape index (κ2) is 6.95. The van der Waals surface area contributed by atoms with E-state index in [1.54, 1.807) is 6.92 Å². The first-order chi connectivity index (χ1) is 11.8. The Morgan fingerprint density at radius 1 is 1.24 bits per heavy atom. The Labute approximate surface area is 144 Å². The highest BCUT2D eigenvalue weighted by molar-refractivity contribution is 5.96. The van der Waals surface area contributed by atoms with Crippen molar-refractivity contribution in [2.45, 2.75) is 32.0 Å². The third-order valence-electron chi connectivity index (χ3n) is 4.88. The molecule has 0 N–H and O–H groups in total. The first kappa shape index (κ1) is 18.2. The highest BCUT2D eigenvalue weighted by atomic mass is 19.4. The van der Waals surface area contributed by atoms with Crippen LogP contribution in [0.3, 0.4) is 0 Å². The van der Waals surface area contributed by atoms with Crippen LogP contribution in [0.4, 0.5) is 13.2 Å². The number of morpholine rings is 1. The Morgan fingerprint density at radius 3 is 2.52 bits per heavy atom. The minimum Gasteiger partial charge on any atom is -0.378 e. The van der Waals surface area contributed by atoms with Crippen LogP contribution in [0.5, 0.6) is 0 Å². The first-order valence-corrected chi connectivity index (χ1v) is 8.51. The Morgan fingerprint density at radius 2 is 1.92 bits per heavy atom. The van der Waals surface area contributed by atoms with Crippen molar-refractivity contribution < 1.29 is 22.7 Å². The average molecular weight is 360 g/mol. The van der Waals surface area contributed by atoms with E-state index < -0.39 is 17.8 Å². The van der Waals surface area contributed by atoms with Crippen molar-refractivity contribution in [3.8, 4) is 0 Å². The van der Waals surface area contributed by atoms with E-state index in [0.717, 1.165) is 19.4 Å². The van der Waals surface area contributed by atoms with E-state index in [1.807, 2.05) is 7.05 Å². The molecule has 0 spiro atoms. The topological polar surface area (TPSA) is 50.6 Å². The number of halogens is 3. The fraction of sp³-hybridized carbons (Fsp3) is 0.750. The molecule has 1 atom stereocenters. The maximum atomic E-state index is 13.5. The molecule has 0 aromatic carbocycles. The summed E-state index contributed by atoms with van der Waals surface area (Å²) in [6, 6.07) is -0.147. The summed E-state index contributed by atoms with van der Waals surface area (Å²) in [6.07, 6.45) is -3.00. The van der Waals surface area contributed by atoms with Gasteiger partial charge in [-0.3, -0.25) is 9.48 Å². The van der Waals surface area contributed by atoms with Gasteiger partial charge >= 0.3 is 6.18 Å². The smallest absolute Gasteiger partial charge is 0.378 e. The monoisotopic (exact) mass is 360 g/mol. The molecule has 1 aromatic heterocycles. The predicted molar refractivity (Wildman–Crippen MR) is 84.5 cm³/mol. The number of alkyl halides is 3.